The molecule has 7 nitrogen and oxygen atoms in total. The number of hydrogen-bond acceptors (Lipinski definition) is 5. The molecule has 33 heavy (non-hydrogen) atoms. The molecule has 0 unspecified atom stereocenters. The topological polar surface area (TPSA) is 130 Å². The summed E-state index contributed by atoms with van der Waals surface area (Å²) in [7, 11) is -3.98. The van der Waals surface area contributed by atoms with Crippen LogP contribution in [0.5, 0.6) is 0 Å². The van der Waals surface area contributed by atoms with E-state index in [4.69, 9.17) is 16.6 Å². The van der Waals surface area contributed by atoms with Crippen molar-refractivity contribution in [2.24, 2.45) is 5.14 Å². The number of hydrogen-bond donors (Lipinski definition) is 3. The number of sulfonamides is 1. The number of nitrogen functional groups attached to an aromatic ring is 2. The molecule has 0 radical (unpaired) electrons. The quantitative estimate of drug-likeness (QED) is 0.385. The molecule has 0 spiro atoms. The van der Waals surface area contributed by atoms with E-state index in [0.29, 0.717) is 22.6 Å². The number of primary sulfonamides is 1. The molecule has 0 amide bonds. The van der Waals surface area contributed by atoms with E-state index in [0.717, 1.165) is 4.68 Å². The SMILES string of the molecule is Nc1ccc(-c2c(C(F)(F)F)nn(-c3ccc(N)cc3)c2-c2ccc(S(N)(=O)=O)cc2)cc1. The molecule has 0 atom stereocenters. The van der Waals surface area contributed by atoms with E-state index < -0.39 is 21.9 Å². The van der Waals surface area contributed by atoms with E-state index in [1.165, 1.54) is 60.7 Å². The molecule has 1 aromatic heterocycles. The lowest BCUT2D eigenvalue weighted by Gasteiger charge is -2.12. The number of benzene rings is 3. The monoisotopic (exact) mass is 473 g/mol. The van der Waals surface area contributed by atoms with Gasteiger partial charge in [-0.15, -0.1) is 0 Å². The van der Waals surface area contributed by atoms with E-state index in [9.17, 15) is 21.6 Å². The van der Waals surface area contributed by atoms with Gasteiger partial charge in [0, 0.05) is 22.5 Å². The molecule has 0 saturated carbocycles. The summed E-state index contributed by atoms with van der Waals surface area (Å²) >= 11 is 0. The molecule has 1 heterocycles. The first-order valence-corrected chi connectivity index (χ1v) is 11.0. The van der Waals surface area contributed by atoms with Crippen molar-refractivity contribution in [3.63, 3.8) is 0 Å². The molecule has 4 rings (SSSR count). The lowest BCUT2D eigenvalue weighted by Crippen LogP contribution is -2.11. The smallest absolute Gasteiger partial charge is 0.399 e. The summed E-state index contributed by atoms with van der Waals surface area (Å²) in [6.07, 6.45) is -4.77. The normalized spacial score (nSPS) is 12.1. The van der Waals surface area contributed by atoms with Crippen LogP contribution in [0.2, 0.25) is 0 Å². The van der Waals surface area contributed by atoms with E-state index >= 15 is 0 Å². The van der Waals surface area contributed by atoms with Crippen LogP contribution in [0.25, 0.3) is 28.1 Å². The van der Waals surface area contributed by atoms with Gasteiger partial charge in [0.1, 0.15) is 0 Å². The summed E-state index contributed by atoms with van der Waals surface area (Å²) in [5.41, 5.74) is 12.0. The summed E-state index contributed by atoms with van der Waals surface area (Å²) in [5, 5.41) is 9.06. The second-order valence-electron chi connectivity index (χ2n) is 7.26. The van der Waals surface area contributed by atoms with Crippen molar-refractivity contribution in [3.8, 4) is 28.1 Å². The Morgan fingerprint density at radius 1 is 0.758 bits per heavy atom. The molecule has 170 valence electrons. The van der Waals surface area contributed by atoms with Crippen LogP contribution < -0.4 is 16.6 Å². The number of nitrogens with zero attached hydrogens (tertiary/aromatic N) is 2. The van der Waals surface area contributed by atoms with Gasteiger partial charge in [0.2, 0.25) is 10.0 Å². The molecule has 0 aliphatic carbocycles. The number of alkyl halides is 3. The van der Waals surface area contributed by atoms with Crippen molar-refractivity contribution in [2.75, 3.05) is 11.5 Å². The largest absolute Gasteiger partial charge is 0.435 e. The highest BCUT2D eigenvalue weighted by Crippen LogP contribution is 2.43. The first-order chi connectivity index (χ1) is 15.4. The Morgan fingerprint density at radius 3 is 1.73 bits per heavy atom. The van der Waals surface area contributed by atoms with Gasteiger partial charge < -0.3 is 11.5 Å². The molecule has 0 bridgehead atoms. The Labute approximate surface area is 187 Å². The number of halogens is 3. The Balaban J connectivity index is 2.07. The van der Waals surface area contributed by atoms with E-state index in [2.05, 4.69) is 5.10 Å². The van der Waals surface area contributed by atoms with Gasteiger partial charge in [-0.1, -0.05) is 24.3 Å². The second kappa shape index (κ2) is 7.94. The zero-order valence-electron chi connectivity index (χ0n) is 16.9. The highest BCUT2D eigenvalue weighted by Gasteiger charge is 2.40. The average Bonchev–Trinajstić information content (AvgIpc) is 3.15. The van der Waals surface area contributed by atoms with Gasteiger partial charge in [-0.3, -0.25) is 0 Å². The van der Waals surface area contributed by atoms with E-state index in [1.54, 1.807) is 12.1 Å². The average molecular weight is 473 g/mol. The van der Waals surface area contributed by atoms with Gasteiger partial charge in [0.15, 0.2) is 5.69 Å². The third-order valence-corrected chi connectivity index (χ3v) is 5.88. The predicted molar refractivity (Wildman–Crippen MR) is 120 cm³/mol. The summed E-state index contributed by atoms with van der Waals surface area (Å²) in [4.78, 5) is -0.171. The molecule has 0 fully saturated rings. The van der Waals surface area contributed by atoms with E-state index in [1.807, 2.05) is 0 Å². The molecular formula is C22H18F3N5O2S. The number of aromatic nitrogens is 2. The van der Waals surface area contributed by atoms with Gasteiger partial charge in [-0.2, -0.15) is 18.3 Å². The summed E-state index contributed by atoms with van der Waals surface area (Å²) in [6, 6.07) is 17.3. The minimum atomic E-state index is -4.77. The summed E-state index contributed by atoms with van der Waals surface area (Å²) in [6.45, 7) is 0. The molecular weight excluding hydrogens is 455 g/mol. The van der Waals surface area contributed by atoms with Gasteiger partial charge >= 0.3 is 6.18 Å². The summed E-state index contributed by atoms with van der Waals surface area (Å²) < 4.78 is 66.8. The van der Waals surface area contributed by atoms with Crippen LogP contribution in [0.15, 0.2) is 77.7 Å². The maximum Gasteiger partial charge on any atom is 0.435 e. The fourth-order valence-corrected chi connectivity index (χ4v) is 3.93. The van der Waals surface area contributed by atoms with Crippen LogP contribution in [-0.2, 0) is 16.2 Å². The molecule has 4 aromatic rings. The van der Waals surface area contributed by atoms with Crippen molar-refractivity contribution >= 4 is 21.4 Å². The lowest BCUT2D eigenvalue weighted by atomic mass is 9.98. The van der Waals surface area contributed by atoms with E-state index in [-0.39, 0.29) is 21.7 Å². The zero-order valence-corrected chi connectivity index (χ0v) is 17.7. The molecule has 6 N–H and O–H groups in total. The van der Waals surface area contributed by atoms with Crippen molar-refractivity contribution in [3.05, 3.63) is 78.5 Å². The third kappa shape index (κ3) is 4.41. The third-order valence-electron chi connectivity index (χ3n) is 4.95. The molecule has 0 saturated heterocycles. The van der Waals surface area contributed by atoms with Gasteiger partial charge in [-0.05, 0) is 54.1 Å². The van der Waals surface area contributed by atoms with Gasteiger partial charge in [0.25, 0.3) is 0 Å². The molecule has 11 heteroatoms. The number of rotatable bonds is 4. The summed E-state index contributed by atoms with van der Waals surface area (Å²) in [5.74, 6) is 0. The highest BCUT2D eigenvalue weighted by atomic mass is 32.2. The Hall–Kier alpha value is -3.83. The Kier molecular flexibility index (Phi) is 5.38. The first-order valence-electron chi connectivity index (χ1n) is 9.50. The minimum Gasteiger partial charge on any atom is -0.399 e. The highest BCUT2D eigenvalue weighted by molar-refractivity contribution is 7.89. The molecule has 0 aliphatic heterocycles. The second-order valence-corrected chi connectivity index (χ2v) is 8.83. The Morgan fingerprint density at radius 2 is 1.24 bits per heavy atom. The van der Waals surface area contributed by atoms with Gasteiger partial charge in [-0.25, -0.2) is 18.2 Å². The van der Waals surface area contributed by atoms with Crippen molar-refractivity contribution < 1.29 is 21.6 Å². The van der Waals surface area contributed by atoms with Crippen LogP contribution in [0.4, 0.5) is 24.5 Å². The van der Waals surface area contributed by atoms with Crippen molar-refractivity contribution in [1.82, 2.24) is 9.78 Å². The van der Waals surface area contributed by atoms with Crippen LogP contribution in [-0.4, -0.2) is 18.2 Å². The number of anilines is 2. The van der Waals surface area contributed by atoms with Crippen LogP contribution in [0.1, 0.15) is 5.69 Å². The van der Waals surface area contributed by atoms with Crippen LogP contribution >= 0.6 is 0 Å². The zero-order chi connectivity index (χ0) is 24.0. The van der Waals surface area contributed by atoms with Crippen molar-refractivity contribution in [1.29, 1.82) is 0 Å². The van der Waals surface area contributed by atoms with Crippen LogP contribution in [0.3, 0.4) is 0 Å². The minimum absolute atomic E-state index is 0.109. The fourth-order valence-electron chi connectivity index (χ4n) is 3.41. The fraction of sp³-hybridized carbons (Fsp3) is 0.0455. The maximum absolute atomic E-state index is 14.1. The first kappa shape index (κ1) is 22.4. The Bertz CT molecular complexity index is 1410. The standard InChI is InChI=1S/C22H18F3N5O2S/c23-22(24,25)21-19(13-1-5-15(26)6-2-13)20(14-3-11-18(12-4-14)33(28,31)32)30(29-21)17-9-7-16(27)8-10-17/h1-12H,26-27H2,(H2,28,31,32). The lowest BCUT2D eigenvalue weighted by molar-refractivity contribution is -0.140. The maximum atomic E-state index is 14.1. The predicted octanol–water partition coefficient (Wildman–Crippen LogP) is 4.04. The van der Waals surface area contributed by atoms with Gasteiger partial charge in [0.05, 0.1) is 16.3 Å². The van der Waals surface area contributed by atoms with Crippen molar-refractivity contribution in [2.45, 2.75) is 11.1 Å². The molecule has 0 aliphatic rings. The molecule has 3 aromatic carbocycles. The van der Waals surface area contributed by atoms with Crippen LogP contribution in [0, 0.1) is 0 Å². The number of nitrogens with two attached hydrogens (primary N) is 3.